The molecule has 0 aliphatic carbocycles. The molecule has 0 radical (unpaired) electrons. The molecule has 0 aliphatic rings. The summed E-state index contributed by atoms with van der Waals surface area (Å²) in [7, 11) is 0. The third-order valence-electron chi connectivity index (χ3n) is 3.21. The Kier molecular flexibility index (Phi) is 5.41. The summed E-state index contributed by atoms with van der Waals surface area (Å²) in [6.07, 6.45) is -3.27. The first-order chi connectivity index (χ1) is 8.77. The minimum atomic E-state index is -4.27. The van der Waals surface area contributed by atoms with Gasteiger partial charge in [-0.2, -0.15) is 13.2 Å². The van der Waals surface area contributed by atoms with Gasteiger partial charge in [-0.1, -0.05) is 26.8 Å². The van der Waals surface area contributed by atoms with Crippen LogP contribution in [0.5, 0.6) is 0 Å². The smallest absolute Gasteiger partial charge is 0.310 e. The summed E-state index contributed by atoms with van der Waals surface area (Å²) in [6.45, 7) is 8.83. The van der Waals surface area contributed by atoms with Crippen molar-refractivity contribution in [1.82, 2.24) is 5.32 Å². The van der Waals surface area contributed by atoms with E-state index in [0.717, 1.165) is 18.5 Å². The number of alkyl halides is 3. The average Bonchev–Trinajstić information content (AvgIpc) is 2.29. The molecule has 1 aromatic rings. The van der Waals surface area contributed by atoms with E-state index in [4.69, 9.17) is 0 Å². The molecule has 1 rings (SSSR count). The second-order valence-corrected chi connectivity index (χ2v) is 5.24. The molecule has 1 atom stereocenters. The zero-order valence-electron chi connectivity index (χ0n) is 11.9. The van der Waals surface area contributed by atoms with Crippen molar-refractivity contribution in [3.05, 3.63) is 34.9 Å². The Bertz CT molecular complexity index is 410. The standard InChI is InChI=1S/C15H22F3N/c1-5-8-19-14(10(2)3)13-7-6-12(9-11(13)4)15(16,17)18/h6-7,9-10,14,19H,5,8H2,1-4H3. The molecule has 0 aliphatic heterocycles. The van der Waals surface area contributed by atoms with Gasteiger partial charge < -0.3 is 5.32 Å². The molecule has 0 heterocycles. The van der Waals surface area contributed by atoms with Gasteiger partial charge in [0, 0.05) is 6.04 Å². The van der Waals surface area contributed by atoms with Gasteiger partial charge in [-0.15, -0.1) is 0 Å². The van der Waals surface area contributed by atoms with Crippen LogP contribution < -0.4 is 5.32 Å². The second-order valence-electron chi connectivity index (χ2n) is 5.24. The lowest BCUT2D eigenvalue weighted by Crippen LogP contribution is -2.27. The predicted octanol–water partition coefficient (Wildman–Crippen LogP) is 4.71. The average molecular weight is 273 g/mol. The van der Waals surface area contributed by atoms with Crippen LogP contribution in [0.15, 0.2) is 18.2 Å². The first kappa shape index (κ1) is 16.0. The molecule has 0 fully saturated rings. The zero-order valence-corrected chi connectivity index (χ0v) is 11.9. The van der Waals surface area contributed by atoms with Crippen LogP contribution in [0.2, 0.25) is 0 Å². The summed E-state index contributed by atoms with van der Waals surface area (Å²) in [5, 5.41) is 3.40. The van der Waals surface area contributed by atoms with Crippen LogP contribution in [0, 0.1) is 12.8 Å². The molecule has 0 amide bonds. The van der Waals surface area contributed by atoms with Crippen LogP contribution >= 0.6 is 0 Å². The maximum Gasteiger partial charge on any atom is 0.416 e. The van der Waals surface area contributed by atoms with Gasteiger partial charge in [0.2, 0.25) is 0 Å². The molecule has 108 valence electrons. The molecule has 19 heavy (non-hydrogen) atoms. The molecular formula is C15H22F3N. The SMILES string of the molecule is CCCNC(c1ccc(C(F)(F)F)cc1C)C(C)C. The lowest BCUT2D eigenvalue weighted by Gasteiger charge is -2.25. The topological polar surface area (TPSA) is 12.0 Å². The molecule has 0 saturated carbocycles. The summed E-state index contributed by atoms with van der Waals surface area (Å²) < 4.78 is 37.9. The highest BCUT2D eigenvalue weighted by atomic mass is 19.4. The number of aryl methyl sites for hydroxylation is 1. The minimum Gasteiger partial charge on any atom is -0.310 e. The maximum absolute atomic E-state index is 12.6. The first-order valence-electron chi connectivity index (χ1n) is 6.68. The van der Waals surface area contributed by atoms with E-state index < -0.39 is 11.7 Å². The monoisotopic (exact) mass is 273 g/mol. The zero-order chi connectivity index (χ0) is 14.6. The van der Waals surface area contributed by atoms with E-state index in [1.54, 1.807) is 13.0 Å². The van der Waals surface area contributed by atoms with Gasteiger partial charge in [-0.25, -0.2) is 0 Å². The fourth-order valence-corrected chi connectivity index (χ4v) is 2.21. The van der Waals surface area contributed by atoms with Gasteiger partial charge in [0.05, 0.1) is 5.56 Å². The van der Waals surface area contributed by atoms with E-state index in [9.17, 15) is 13.2 Å². The fraction of sp³-hybridized carbons (Fsp3) is 0.600. The van der Waals surface area contributed by atoms with Gasteiger partial charge in [0.15, 0.2) is 0 Å². The molecule has 0 bridgehead atoms. The molecule has 4 heteroatoms. The van der Waals surface area contributed by atoms with Gasteiger partial charge in [0.25, 0.3) is 0 Å². The van der Waals surface area contributed by atoms with E-state index in [0.29, 0.717) is 11.5 Å². The number of hydrogen-bond acceptors (Lipinski definition) is 1. The Hall–Kier alpha value is -1.03. The Morgan fingerprint density at radius 1 is 1.21 bits per heavy atom. The van der Waals surface area contributed by atoms with E-state index in [2.05, 4.69) is 26.1 Å². The molecule has 0 aromatic heterocycles. The van der Waals surface area contributed by atoms with E-state index >= 15 is 0 Å². The van der Waals surface area contributed by atoms with E-state index in [-0.39, 0.29) is 6.04 Å². The van der Waals surface area contributed by atoms with Crippen molar-refractivity contribution in [2.75, 3.05) is 6.54 Å². The largest absolute Gasteiger partial charge is 0.416 e. The van der Waals surface area contributed by atoms with Crippen LogP contribution in [0.25, 0.3) is 0 Å². The van der Waals surface area contributed by atoms with Crippen LogP contribution in [-0.2, 0) is 6.18 Å². The highest BCUT2D eigenvalue weighted by Crippen LogP contribution is 2.33. The lowest BCUT2D eigenvalue weighted by molar-refractivity contribution is -0.137. The summed E-state index contributed by atoms with van der Waals surface area (Å²) >= 11 is 0. The highest BCUT2D eigenvalue weighted by molar-refractivity contribution is 5.35. The lowest BCUT2D eigenvalue weighted by atomic mass is 9.91. The first-order valence-corrected chi connectivity index (χ1v) is 6.68. The van der Waals surface area contributed by atoms with Crippen molar-refractivity contribution >= 4 is 0 Å². The van der Waals surface area contributed by atoms with Gasteiger partial charge in [0.1, 0.15) is 0 Å². The Balaban J connectivity index is 3.05. The summed E-state index contributed by atoms with van der Waals surface area (Å²) in [5.74, 6) is 0.335. The molecule has 1 aromatic carbocycles. The number of nitrogens with one attached hydrogen (secondary N) is 1. The van der Waals surface area contributed by atoms with Gasteiger partial charge in [-0.05, 0) is 49.1 Å². The highest BCUT2D eigenvalue weighted by Gasteiger charge is 2.31. The van der Waals surface area contributed by atoms with Crippen molar-refractivity contribution in [3.63, 3.8) is 0 Å². The van der Waals surface area contributed by atoms with Crippen molar-refractivity contribution in [1.29, 1.82) is 0 Å². The quantitative estimate of drug-likeness (QED) is 0.819. The Morgan fingerprint density at radius 2 is 1.84 bits per heavy atom. The van der Waals surface area contributed by atoms with Crippen molar-refractivity contribution in [3.8, 4) is 0 Å². The number of rotatable bonds is 5. The maximum atomic E-state index is 12.6. The summed E-state index contributed by atoms with van der Waals surface area (Å²) in [6, 6.07) is 4.11. The Labute approximate surface area is 113 Å². The Morgan fingerprint density at radius 3 is 2.26 bits per heavy atom. The van der Waals surface area contributed by atoms with Gasteiger partial charge in [-0.3, -0.25) is 0 Å². The van der Waals surface area contributed by atoms with Crippen LogP contribution in [0.3, 0.4) is 0 Å². The fourth-order valence-electron chi connectivity index (χ4n) is 2.21. The molecule has 0 saturated heterocycles. The summed E-state index contributed by atoms with van der Waals surface area (Å²) in [4.78, 5) is 0. The molecule has 0 spiro atoms. The normalized spacial score (nSPS) is 13.9. The van der Waals surface area contributed by atoms with Crippen LogP contribution in [-0.4, -0.2) is 6.54 Å². The second kappa shape index (κ2) is 6.42. The van der Waals surface area contributed by atoms with E-state index in [1.807, 2.05) is 0 Å². The molecule has 1 nitrogen and oxygen atoms in total. The molecule has 1 unspecified atom stereocenters. The number of halogens is 3. The molecule has 1 N–H and O–H groups in total. The van der Waals surface area contributed by atoms with Crippen molar-refractivity contribution in [2.24, 2.45) is 5.92 Å². The van der Waals surface area contributed by atoms with Gasteiger partial charge >= 0.3 is 6.18 Å². The number of hydrogen-bond donors (Lipinski definition) is 1. The van der Waals surface area contributed by atoms with Crippen LogP contribution in [0.4, 0.5) is 13.2 Å². The van der Waals surface area contributed by atoms with E-state index in [1.165, 1.54) is 12.1 Å². The summed E-state index contributed by atoms with van der Waals surface area (Å²) in [5.41, 5.74) is 1.07. The third-order valence-corrected chi connectivity index (χ3v) is 3.21. The number of benzene rings is 1. The third kappa shape index (κ3) is 4.23. The van der Waals surface area contributed by atoms with Crippen LogP contribution in [0.1, 0.15) is 49.9 Å². The van der Waals surface area contributed by atoms with Crippen molar-refractivity contribution < 1.29 is 13.2 Å². The minimum absolute atomic E-state index is 0.0993. The molecular weight excluding hydrogens is 251 g/mol. The van der Waals surface area contributed by atoms with Crippen molar-refractivity contribution in [2.45, 2.75) is 46.3 Å². The predicted molar refractivity (Wildman–Crippen MR) is 72.1 cm³/mol.